The first-order chi connectivity index (χ1) is 10.9. The van der Waals surface area contributed by atoms with E-state index in [9.17, 15) is 17.6 Å². The van der Waals surface area contributed by atoms with Gasteiger partial charge in [0.05, 0.1) is 25.5 Å². The van der Waals surface area contributed by atoms with Crippen molar-refractivity contribution in [2.45, 2.75) is 4.90 Å². The topological polar surface area (TPSA) is 81.7 Å². The molecule has 0 unspecified atom stereocenters. The summed E-state index contributed by atoms with van der Waals surface area (Å²) in [4.78, 5) is 11.0. The number of anilines is 1. The van der Waals surface area contributed by atoms with E-state index in [0.717, 1.165) is 12.1 Å². The molecule has 2 aromatic rings. The minimum atomic E-state index is -4.18. The van der Waals surface area contributed by atoms with Gasteiger partial charge in [-0.15, -0.1) is 0 Å². The first kappa shape index (κ1) is 16.8. The Bertz CT molecular complexity index is 836. The molecule has 0 saturated heterocycles. The fourth-order valence-electron chi connectivity index (χ4n) is 1.89. The lowest BCUT2D eigenvalue weighted by Crippen LogP contribution is -2.15. The molecule has 1 N–H and O–H groups in total. The van der Waals surface area contributed by atoms with Gasteiger partial charge in [0.1, 0.15) is 16.5 Å². The quantitative estimate of drug-likeness (QED) is 0.846. The van der Waals surface area contributed by atoms with Crippen LogP contribution in [-0.4, -0.2) is 28.6 Å². The molecule has 8 heteroatoms. The van der Waals surface area contributed by atoms with E-state index in [1.165, 1.54) is 44.6 Å². The van der Waals surface area contributed by atoms with Gasteiger partial charge in [-0.3, -0.25) is 4.72 Å². The summed E-state index contributed by atoms with van der Waals surface area (Å²) in [5, 5.41) is 0. The average molecular weight is 339 g/mol. The molecule has 23 heavy (non-hydrogen) atoms. The summed E-state index contributed by atoms with van der Waals surface area (Å²) in [7, 11) is -1.64. The molecule has 0 aliphatic carbocycles. The first-order valence-electron chi connectivity index (χ1n) is 6.42. The second-order valence-corrected chi connectivity index (χ2v) is 6.09. The summed E-state index contributed by atoms with van der Waals surface area (Å²) >= 11 is 0. The van der Waals surface area contributed by atoms with Crippen molar-refractivity contribution in [3.63, 3.8) is 0 Å². The maximum absolute atomic E-state index is 13.7. The number of rotatable bonds is 5. The minimum absolute atomic E-state index is 0.00125. The second kappa shape index (κ2) is 6.66. The van der Waals surface area contributed by atoms with E-state index < -0.39 is 26.7 Å². The second-order valence-electron chi connectivity index (χ2n) is 4.44. The number of halogens is 1. The Labute approximate surface area is 132 Å². The molecule has 2 rings (SSSR count). The van der Waals surface area contributed by atoms with Gasteiger partial charge in [-0.2, -0.15) is 0 Å². The summed E-state index contributed by atoms with van der Waals surface area (Å²) in [6.45, 7) is 0. The third kappa shape index (κ3) is 3.59. The first-order valence-corrected chi connectivity index (χ1v) is 7.91. The van der Waals surface area contributed by atoms with Gasteiger partial charge in [0.15, 0.2) is 0 Å². The molecule has 6 nitrogen and oxygen atoms in total. The number of hydrogen-bond donors (Lipinski definition) is 1. The van der Waals surface area contributed by atoms with Gasteiger partial charge in [0.2, 0.25) is 0 Å². The van der Waals surface area contributed by atoms with Crippen molar-refractivity contribution in [2.75, 3.05) is 18.9 Å². The zero-order valence-corrected chi connectivity index (χ0v) is 13.2. The third-order valence-corrected chi connectivity index (χ3v) is 4.39. The molecule has 0 aromatic heterocycles. The Morgan fingerprint density at radius 3 is 2.43 bits per heavy atom. The van der Waals surface area contributed by atoms with Crippen LogP contribution in [0.15, 0.2) is 47.4 Å². The Morgan fingerprint density at radius 1 is 1.13 bits per heavy atom. The van der Waals surface area contributed by atoms with Crippen molar-refractivity contribution >= 4 is 21.7 Å². The lowest BCUT2D eigenvalue weighted by molar-refractivity contribution is 0.0600. The molecule has 0 aliphatic rings. The van der Waals surface area contributed by atoms with Crippen LogP contribution >= 0.6 is 0 Å². The van der Waals surface area contributed by atoms with Crippen molar-refractivity contribution in [3.05, 3.63) is 53.8 Å². The number of ether oxygens (including phenoxy) is 2. The van der Waals surface area contributed by atoms with Gasteiger partial charge in [-0.25, -0.2) is 17.6 Å². The minimum Gasteiger partial charge on any atom is -0.495 e. The molecule has 0 fully saturated rings. The summed E-state index contributed by atoms with van der Waals surface area (Å²) < 4.78 is 50.2. The van der Waals surface area contributed by atoms with E-state index in [1.807, 2.05) is 0 Å². The summed E-state index contributed by atoms with van der Waals surface area (Å²) in [6.07, 6.45) is 0. The number of carbonyl (C=O) groups excluding carboxylic acids is 1. The van der Waals surface area contributed by atoms with Crippen LogP contribution in [0.3, 0.4) is 0 Å². The van der Waals surface area contributed by atoms with Crippen molar-refractivity contribution in [1.82, 2.24) is 0 Å². The van der Waals surface area contributed by atoms with Gasteiger partial charge >= 0.3 is 5.97 Å². The molecule has 0 saturated carbocycles. The van der Waals surface area contributed by atoms with Gasteiger partial charge in [-0.1, -0.05) is 12.1 Å². The highest BCUT2D eigenvalue weighted by atomic mass is 32.2. The predicted octanol–water partition coefficient (Wildman–Crippen LogP) is 2.42. The zero-order valence-electron chi connectivity index (χ0n) is 12.4. The van der Waals surface area contributed by atoms with Crippen molar-refractivity contribution in [2.24, 2.45) is 0 Å². The van der Waals surface area contributed by atoms with Gasteiger partial charge in [-0.05, 0) is 30.3 Å². The maximum Gasteiger partial charge on any atom is 0.337 e. The Kier molecular flexibility index (Phi) is 4.85. The molecule has 0 spiro atoms. The van der Waals surface area contributed by atoms with Gasteiger partial charge in [0.25, 0.3) is 10.0 Å². The predicted molar refractivity (Wildman–Crippen MR) is 81.5 cm³/mol. The van der Waals surface area contributed by atoms with Crippen molar-refractivity contribution < 1.29 is 27.1 Å². The Morgan fingerprint density at radius 2 is 1.83 bits per heavy atom. The van der Waals surface area contributed by atoms with Crippen LogP contribution < -0.4 is 9.46 Å². The summed E-state index contributed by atoms with van der Waals surface area (Å²) in [5.41, 5.74) is 0.123. The average Bonchev–Trinajstić information content (AvgIpc) is 2.54. The van der Waals surface area contributed by atoms with Crippen LogP contribution in [0.25, 0.3) is 0 Å². The van der Waals surface area contributed by atoms with Crippen molar-refractivity contribution in [1.29, 1.82) is 0 Å². The molecule has 0 radical (unpaired) electrons. The van der Waals surface area contributed by atoms with Gasteiger partial charge < -0.3 is 9.47 Å². The fraction of sp³-hybridized carbons (Fsp3) is 0.133. The number of benzene rings is 2. The molecule has 0 heterocycles. The smallest absolute Gasteiger partial charge is 0.337 e. The maximum atomic E-state index is 13.7. The largest absolute Gasteiger partial charge is 0.495 e. The number of methoxy groups -OCH3 is 2. The molecule has 122 valence electrons. The Hall–Kier alpha value is -2.61. The molecule has 0 amide bonds. The van der Waals surface area contributed by atoms with Crippen LogP contribution in [0, 0.1) is 5.82 Å². The zero-order chi connectivity index (χ0) is 17.0. The standard InChI is InChI=1S/C15H14FNO5S/c1-21-13-8-7-10(15(18)22-2)9-12(13)17-23(19,20)14-6-4-3-5-11(14)16/h3-9,17H,1-2H3. The highest BCUT2D eigenvalue weighted by molar-refractivity contribution is 7.92. The number of esters is 1. The summed E-state index contributed by atoms with van der Waals surface area (Å²) in [6, 6.07) is 9.04. The fourth-order valence-corrected chi connectivity index (χ4v) is 3.04. The highest BCUT2D eigenvalue weighted by Crippen LogP contribution is 2.28. The van der Waals surface area contributed by atoms with E-state index in [1.54, 1.807) is 0 Å². The lowest BCUT2D eigenvalue weighted by atomic mass is 10.2. The molecule has 0 bridgehead atoms. The molecular weight excluding hydrogens is 325 g/mol. The molecule has 0 aliphatic heterocycles. The number of nitrogens with one attached hydrogen (secondary N) is 1. The van der Waals surface area contributed by atoms with E-state index in [2.05, 4.69) is 9.46 Å². The molecule has 0 atom stereocenters. The van der Waals surface area contributed by atoms with Crippen LogP contribution in [0.4, 0.5) is 10.1 Å². The van der Waals surface area contributed by atoms with Gasteiger partial charge in [0, 0.05) is 0 Å². The van der Waals surface area contributed by atoms with Crippen LogP contribution in [0.5, 0.6) is 5.75 Å². The van der Waals surface area contributed by atoms with Crippen LogP contribution in [-0.2, 0) is 14.8 Å². The normalized spacial score (nSPS) is 10.9. The van der Waals surface area contributed by atoms with Crippen molar-refractivity contribution in [3.8, 4) is 5.75 Å². The SMILES string of the molecule is COC(=O)c1ccc(OC)c(NS(=O)(=O)c2ccccc2F)c1. The van der Waals surface area contributed by atoms with E-state index in [4.69, 9.17) is 4.74 Å². The number of hydrogen-bond acceptors (Lipinski definition) is 5. The van der Waals surface area contributed by atoms with E-state index in [0.29, 0.717) is 0 Å². The van der Waals surface area contributed by atoms with E-state index in [-0.39, 0.29) is 17.0 Å². The number of carbonyl (C=O) groups is 1. The number of sulfonamides is 1. The highest BCUT2D eigenvalue weighted by Gasteiger charge is 2.21. The van der Waals surface area contributed by atoms with E-state index >= 15 is 0 Å². The summed E-state index contributed by atoms with van der Waals surface area (Å²) in [5.74, 6) is -1.35. The monoisotopic (exact) mass is 339 g/mol. The van der Waals surface area contributed by atoms with Crippen LogP contribution in [0.1, 0.15) is 10.4 Å². The Balaban J connectivity index is 2.46. The molecule has 2 aromatic carbocycles. The molecular formula is C15H14FNO5S. The lowest BCUT2D eigenvalue weighted by Gasteiger charge is -2.13. The third-order valence-electron chi connectivity index (χ3n) is 2.99. The van der Waals surface area contributed by atoms with Crippen LogP contribution in [0.2, 0.25) is 0 Å².